The second kappa shape index (κ2) is 6.76. The molecular weight excluding hydrogens is 290 g/mol. The average Bonchev–Trinajstić information content (AvgIpc) is 2.90. The van der Waals surface area contributed by atoms with Crippen LogP contribution in [-0.4, -0.2) is 49.6 Å². The number of methoxy groups -OCH3 is 3. The van der Waals surface area contributed by atoms with Crippen molar-refractivity contribution in [1.29, 1.82) is 0 Å². The van der Waals surface area contributed by atoms with Crippen LogP contribution in [0.5, 0.6) is 5.75 Å². The summed E-state index contributed by atoms with van der Waals surface area (Å²) in [4.78, 5) is 23.7. The van der Waals surface area contributed by atoms with Crippen LogP contribution < -0.4 is 4.74 Å². The molecule has 0 amide bonds. The van der Waals surface area contributed by atoms with E-state index >= 15 is 0 Å². The number of nitrogens with zero attached hydrogens (tertiary/aromatic N) is 1. The van der Waals surface area contributed by atoms with Crippen molar-refractivity contribution in [3.63, 3.8) is 0 Å². The van der Waals surface area contributed by atoms with Crippen LogP contribution in [0.4, 0.5) is 0 Å². The average molecular weight is 309 g/mol. The summed E-state index contributed by atoms with van der Waals surface area (Å²) in [7, 11) is 4.07. The summed E-state index contributed by atoms with van der Waals surface area (Å²) >= 11 is 0. The highest BCUT2D eigenvalue weighted by atomic mass is 16.5. The van der Waals surface area contributed by atoms with Gasteiger partial charge in [-0.3, -0.25) is 9.59 Å². The van der Waals surface area contributed by atoms with Crippen molar-refractivity contribution >= 4 is 11.9 Å². The van der Waals surface area contributed by atoms with Gasteiger partial charge in [-0.25, -0.2) is 0 Å². The van der Waals surface area contributed by atoms with E-state index in [0.717, 1.165) is 5.06 Å². The summed E-state index contributed by atoms with van der Waals surface area (Å²) in [5.74, 6) is -1.07. The molecule has 1 N–H and O–H groups in total. The quantitative estimate of drug-likeness (QED) is 0.835. The fraction of sp³-hybridized carbons (Fsp3) is 0.467. The predicted molar refractivity (Wildman–Crippen MR) is 75.3 cm³/mol. The zero-order chi connectivity index (χ0) is 16.3. The smallest absolute Gasteiger partial charge is 0.325 e. The lowest BCUT2D eigenvalue weighted by Gasteiger charge is -2.24. The lowest BCUT2D eigenvalue weighted by molar-refractivity contribution is -0.177. The van der Waals surface area contributed by atoms with Gasteiger partial charge in [-0.1, -0.05) is 12.1 Å². The van der Waals surface area contributed by atoms with Crippen LogP contribution in [0.3, 0.4) is 0 Å². The fourth-order valence-corrected chi connectivity index (χ4v) is 2.76. The van der Waals surface area contributed by atoms with Crippen molar-refractivity contribution in [1.82, 2.24) is 5.06 Å². The number of benzene rings is 1. The molecule has 0 aromatic heterocycles. The molecule has 7 heteroatoms. The number of rotatable bonds is 4. The number of carbonyl (C=O) groups excluding carboxylic acids is 2. The van der Waals surface area contributed by atoms with Crippen molar-refractivity contribution in [3.8, 4) is 5.75 Å². The molecule has 1 aliphatic heterocycles. The Morgan fingerprint density at radius 1 is 1.09 bits per heavy atom. The van der Waals surface area contributed by atoms with Crippen molar-refractivity contribution in [2.45, 2.75) is 18.5 Å². The molecule has 1 heterocycles. The highest BCUT2D eigenvalue weighted by Crippen LogP contribution is 2.41. The highest BCUT2D eigenvalue weighted by Gasteiger charge is 2.49. The number of ether oxygens (including phenoxy) is 3. The molecular formula is C15H19NO6. The lowest BCUT2D eigenvalue weighted by Crippen LogP contribution is -2.36. The molecule has 0 spiro atoms. The van der Waals surface area contributed by atoms with Crippen molar-refractivity contribution < 1.29 is 29.0 Å². The molecule has 1 aliphatic rings. The largest absolute Gasteiger partial charge is 0.497 e. The fourth-order valence-electron chi connectivity index (χ4n) is 2.76. The molecule has 1 aromatic rings. The van der Waals surface area contributed by atoms with Crippen LogP contribution in [-0.2, 0) is 19.1 Å². The normalized spacial score (nSPS) is 24.8. The first kappa shape index (κ1) is 16.3. The van der Waals surface area contributed by atoms with Crippen LogP contribution in [0.1, 0.15) is 18.0 Å². The minimum absolute atomic E-state index is 0.131. The van der Waals surface area contributed by atoms with Gasteiger partial charge in [-0.2, -0.15) is 5.06 Å². The minimum atomic E-state index is -0.902. The van der Waals surface area contributed by atoms with Gasteiger partial charge in [-0.05, 0) is 24.1 Å². The van der Waals surface area contributed by atoms with E-state index in [-0.39, 0.29) is 6.42 Å². The molecule has 22 heavy (non-hydrogen) atoms. The number of esters is 2. The number of carbonyl (C=O) groups is 2. The summed E-state index contributed by atoms with van der Waals surface area (Å²) < 4.78 is 14.6. The third-order valence-electron chi connectivity index (χ3n) is 3.90. The van der Waals surface area contributed by atoms with Gasteiger partial charge in [0, 0.05) is 0 Å². The molecule has 1 fully saturated rings. The van der Waals surface area contributed by atoms with Crippen LogP contribution in [0, 0.1) is 5.92 Å². The summed E-state index contributed by atoms with van der Waals surface area (Å²) in [6, 6.07) is 5.35. The Labute approximate surface area is 128 Å². The Morgan fingerprint density at radius 2 is 1.68 bits per heavy atom. The molecule has 0 saturated carbocycles. The Balaban J connectivity index is 2.34. The van der Waals surface area contributed by atoms with Gasteiger partial charge in [0.2, 0.25) is 0 Å². The molecule has 0 aliphatic carbocycles. The highest BCUT2D eigenvalue weighted by molar-refractivity contribution is 5.80. The maximum Gasteiger partial charge on any atom is 0.325 e. The summed E-state index contributed by atoms with van der Waals surface area (Å²) in [6.45, 7) is 0. The Morgan fingerprint density at radius 3 is 2.18 bits per heavy atom. The topological polar surface area (TPSA) is 85.3 Å². The SMILES string of the molecule is COC(=O)[C@H]1C[C@@H](C(=O)OC)N(O)[C@@H]1c1ccc(OC)cc1. The summed E-state index contributed by atoms with van der Waals surface area (Å²) in [5, 5.41) is 11.2. The lowest BCUT2D eigenvalue weighted by atomic mass is 9.93. The predicted octanol–water partition coefficient (Wildman–Crippen LogP) is 1.16. The summed E-state index contributed by atoms with van der Waals surface area (Å²) in [6.07, 6.45) is 0.131. The monoisotopic (exact) mass is 309 g/mol. The van der Waals surface area contributed by atoms with Crippen LogP contribution in [0.15, 0.2) is 24.3 Å². The van der Waals surface area contributed by atoms with E-state index < -0.39 is 29.9 Å². The number of hydrogen-bond acceptors (Lipinski definition) is 7. The maximum absolute atomic E-state index is 12.0. The zero-order valence-corrected chi connectivity index (χ0v) is 12.7. The first-order valence-corrected chi connectivity index (χ1v) is 6.80. The van der Waals surface area contributed by atoms with Gasteiger partial charge in [0.1, 0.15) is 11.8 Å². The molecule has 120 valence electrons. The minimum Gasteiger partial charge on any atom is -0.497 e. The van der Waals surface area contributed by atoms with Crippen LogP contribution in [0.25, 0.3) is 0 Å². The standard InChI is InChI=1S/C15H19NO6/c1-20-10-6-4-9(5-7-10)13-11(14(17)21-2)8-12(16(13)19)15(18)22-3/h4-7,11-13,19H,8H2,1-3H3/t11-,12-,13+/m0/s1. The third kappa shape index (κ3) is 2.90. The molecule has 3 atom stereocenters. The Hall–Kier alpha value is -2.12. The first-order valence-electron chi connectivity index (χ1n) is 6.80. The molecule has 0 unspecified atom stereocenters. The van der Waals surface area contributed by atoms with Crippen molar-refractivity contribution in [2.75, 3.05) is 21.3 Å². The van der Waals surface area contributed by atoms with E-state index in [1.807, 2.05) is 0 Å². The molecule has 0 radical (unpaired) electrons. The molecule has 7 nitrogen and oxygen atoms in total. The molecule has 1 aromatic carbocycles. The van der Waals surface area contributed by atoms with E-state index in [1.54, 1.807) is 31.4 Å². The zero-order valence-electron chi connectivity index (χ0n) is 12.7. The van der Waals surface area contributed by atoms with E-state index in [2.05, 4.69) is 4.74 Å². The van der Waals surface area contributed by atoms with E-state index in [1.165, 1.54) is 14.2 Å². The Bertz CT molecular complexity index is 543. The molecule has 1 saturated heterocycles. The van der Waals surface area contributed by atoms with Crippen LogP contribution >= 0.6 is 0 Å². The molecule has 0 bridgehead atoms. The maximum atomic E-state index is 12.0. The van der Waals surface area contributed by atoms with E-state index in [9.17, 15) is 14.8 Å². The molecule has 2 rings (SSSR count). The van der Waals surface area contributed by atoms with Crippen molar-refractivity contribution in [2.24, 2.45) is 5.92 Å². The second-order valence-electron chi connectivity index (χ2n) is 5.00. The summed E-state index contributed by atoms with van der Waals surface area (Å²) in [5.41, 5.74) is 0.685. The van der Waals surface area contributed by atoms with Gasteiger partial charge in [-0.15, -0.1) is 0 Å². The van der Waals surface area contributed by atoms with Gasteiger partial charge >= 0.3 is 11.9 Å². The van der Waals surface area contributed by atoms with Gasteiger partial charge in [0.25, 0.3) is 0 Å². The first-order chi connectivity index (χ1) is 10.5. The number of hydroxylamine groups is 2. The van der Waals surface area contributed by atoms with Crippen LogP contribution in [0.2, 0.25) is 0 Å². The van der Waals surface area contributed by atoms with Gasteiger partial charge < -0.3 is 19.4 Å². The number of hydrogen-bond donors (Lipinski definition) is 1. The van der Waals surface area contributed by atoms with Gasteiger partial charge in [0.15, 0.2) is 0 Å². The van der Waals surface area contributed by atoms with E-state index in [0.29, 0.717) is 11.3 Å². The third-order valence-corrected chi connectivity index (χ3v) is 3.90. The van der Waals surface area contributed by atoms with E-state index in [4.69, 9.17) is 9.47 Å². The van der Waals surface area contributed by atoms with Gasteiger partial charge in [0.05, 0.1) is 33.3 Å². The second-order valence-corrected chi connectivity index (χ2v) is 5.00. The van der Waals surface area contributed by atoms with Crippen molar-refractivity contribution in [3.05, 3.63) is 29.8 Å². The Kier molecular flexibility index (Phi) is 4.99.